The Morgan fingerprint density at radius 2 is 2.28 bits per heavy atom. The Balaban J connectivity index is 2.09. The Labute approximate surface area is 111 Å². The Bertz CT molecular complexity index is 583. The van der Waals surface area contributed by atoms with Crippen LogP contribution in [0.3, 0.4) is 0 Å². The van der Waals surface area contributed by atoms with Crippen LogP contribution >= 0.6 is 11.6 Å². The first-order chi connectivity index (χ1) is 8.74. The van der Waals surface area contributed by atoms with Gasteiger partial charge in [-0.3, -0.25) is 4.68 Å². The molecule has 0 atom stereocenters. The number of benzene rings is 1. The van der Waals surface area contributed by atoms with Crippen LogP contribution in [0, 0.1) is 11.3 Å². The largest absolute Gasteiger partial charge is 0.379 e. The molecule has 2 aromatic rings. The second kappa shape index (κ2) is 5.56. The molecular weight excluding hydrogens is 248 g/mol. The summed E-state index contributed by atoms with van der Waals surface area (Å²) in [7, 11) is 0. The third-order valence-corrected chi connectivity index (χ3v) is 2.99. The minimum Gasteiger partial charge on any atom is -0.379 e. The van der Waals surface area contributed by atoms with Crippen LogP contribution in [-0.2, 0) is 13.1 Å². The molecule has 92 valence electrons. The van der Waals surface area contributed by atoms with Gasteiger partial charge in [-0.25, -0.2) is 0 Å². The predicted octanol–water partition coefficient (Wildman–Crippen LogP) is 3.04. The molecule has 1 heterocycles. The van der Waals surface area contributed by atoms with E-state index < -0.39 is 0 Å². The van der Waals surface area contributed by atoms with Gasteiger partial charge < -0.3 is 5.32 Å². The van der Waals surface area contributed by atoms with Gasteiger partial charge in [0.05, 0.1) is 22.8 Å². The molecule has 1 aromatic heterocycles. The first kappa shape index (κ1) is 12.5. The van der Waals surface area contributed by atoms with Gasteiger partial charge in [0.2, 0.25) is 0 Å². The van der Waals surface area contributed by atoms with Crippen LogP contribution in [0.2, 0.25) is 5.02 Å². The molecule has 0 saturated heterocycles. The zero-order chi connectivity index (χ0) is 13.0. The molecule has 0 amide bonds. The predicted molar refractivity (Wildman–Crippen MR) is 71.4 cm³/mol. The minimum atomic E-state index is 0.474. The van der Waals surface area contributed by atoms with Gasteiger partial charge in [-0.1, -0.05) is 11.6 Å². The number of rotatable bonds is 4. The number of halogens is 1. The van der Waals surface area contributed by atoms with E-state index in [9.17, 15) is 0 Å². The second-order valence-electron chi connectivity index (χ2n) is 3.80. The maximum absolute atomic E-state index is 8.90. The van der Waals surface area contributed by atoms with Crippen molar-refractivity contribution in [1.82, 2.24) is 9.78 Å². The van der Waals surface area contributed by atoms with E-state index in [4.69, 9.17) is 16.9 Å². The van der Waals surface area contributed by atoms with Crippen molar-refractivity contribution in [3.05, 3.63) is 46.7 Å². The molecule has 0 spiro atoms. The number of aryl methyl sites for hydroxylation is 1. The van der Waals surface area contributed by atoms with Crippen LogP contribution in [0.5, 0.6) is 0 Å². The van der Waals surface area contributed by atoms with Crippen LogP contribution in [0.1, 0.15) is 18.2 Å². The summed E-state index contributed by atoms with van der Waals surface area (Å²) >= 11 is 5.88. The van der Waals surface area contributed by atoms with Gasteiger partial charge in [0, 0.05) is 18.4 Å². The summed E-state index contributed by atoms with van der Waals surface area (Å²) in [5, 5.41) is 16.8. The van der Waals surface area contributed by atoms with Gasteiger partial charge in [-0.2, -0.15) is 10.4 Å². The third kappa shape index (κ3) is 2.63. The van der Waals surface area contributed by atoms with Crippen molar-refractivity contribution in [3.63, 3.8) is 0 Å². The van der Waals surface area contributed by atoms with Crippen molar-refractivity contribution >= 4 is 17.3 Å². The van der Waals surface area contributed by atoms with Gasteiger partial charge >= 0.3 is 0 Å². The van der Waals surface area contributed by atoms with Gasteiger partial charge in [-0.05, 0) is 31.2 Å². The molecular formula is C13H13ClN4. The molecule has 4 nitrogen and oxygen atoms in total. The highest BCUT2D eigenvalue weighted by Crippen LogP contribution is 2.20. The Morgan fingerprint density at radius 1 is 1.44 bits per heavy atom. The normalized spacial score (nSPS) is 10.1. The Kier molecular flexibility index (Phi) is 3.85. The fourth-order valence-electron chi connectivity index (χ4n) is 1.71. The molecule has 1 N–H and O–H groups in total. The maximum Gasteiger partial charge on any atom is 0.101 e. The summed E-state index contributed by atoms with van der Waals surface area (Å²) in [6.45, 7) is 3.56. The van der Waals surface area contributed by atoms with E-state index in [1.165, 1.54) is 0 Å². The fraction of sp³-hybridized carbons (Fsp3) is 0.231. The lowest BCUT2D eigenvalue weighted by Gasteiger charge is -2.08. The first-order valence-corrected chi connectivity index (χ1v) is 6.06. The van der Waals surface area contributed by atoms with Crippen molar-refractivity contribution in [3.8, 4) is 6.07 Å². The quantitative estimate of drug-likeness (QED) is 0.919. The van der Waals surface area contributed by atoms with E-state index in [1.807, 2.05) is 23.7 Å². The van der Waals surface area contributed by atoms with Crippen LogP contribution in [0.25, 0.3) is 0 Å². The fourth-order valence-corrected chi connectivity index (χ4v) is 1.87. The molecule has 5 heteroatoms. The van der Waals surface area contributed by atoms with E-state index in [-0.39, 0.29) is 0 Å². The molecule has 1 aromatic carbocycles. The highest BCUT2D eigenvalue weighted by molar-refractivity contribution is 6.31. The summed E-state index contributed by atoms with van der Waals surface area (Å²) in [6.07, 6.45) is 1.78. The average Bonchev–Trinajstić information content (AvgIpc) is 2.85. The number of nitriles is 1. The van der Waals surface area contributed by atoms with Crippen LogP contribution in [-0.4, -0.2) is 9.78 Å². The molecule has 0 unspecified atom stereocenters. The summed E-state index contributed by atoms with van der Waals surface area (Å²) in [5.74, 6) is 0. The van der Waals surface area contributed by atoms with E-state index in [2.05, 4.69) is 16.5 Å². The van der Waals surface area contributed by atoms with Crippen LogP contribution in [0.15, 0.2) is 30.5 Å². The number of hydrogen-bond acceptors (Lipinski definition) is 3. The van der Waals surface area contributed by atoms with Crippen LogP contribution in [0.4, 0.5) is 5.69 Å². The zero-order valence-corrected chi connectivity index (χ0v) is 10.8. The first-order valence-electron chi connectivity index (χ1n) is 5.68. The van der Waals surface area contributed by atoms with Gasteiger partial charge in [0.1, 0.15) is 6.07 Å². The summed E-state index contributed by atoms with van der Waals surface area (Å²) in [6, 6.07) is 9.36. The van der Waals surface area contributed by atoms with Gasteiger partial charge in [0.15, 0.2) is 0 Å². The molecule has 0 bridgehead atoms. The van der Waals surface area contributed by atoms with E-state index in [0.717, 1.165) is 17.9 Å². The van der Waals surface area contributed by atoms with Crippen molar-refractivity contribution in [2.24, 2.45) is 0 Å². The molecule has 18 heavy (non-hydrogen) atoms. The smallest absolute Gasteiger partial charge is 0.101 e. The van der Waals surface area contributed by atoms with Gasteiger partial charge in [0.25, 0.3) is 0 Å². The summed E-state index contributed by atoms with van der Waals surface area (Å²) in [4.78, 5) is 0. The van der Waals surface area contributed by atoms with E-state index >= 15 is 0 Å². The summed E-state index contributed by atoms with van der Waals surface area (Å²) in [5.41, 5.74) is 2.46. The number of hydrogen-bond donors (Lipinski definition) is 1. The lowest BCUT2D eigenvalue weighted by Crippen LogP contribution is -2.07. The van der Waals surface area contributed by atoms with Crippen molar-refractivity contribution in [2.45, 2.75) is 20.0 Å². The maximum atomic E-state index is 8.90. The molecule has 0 radical (unpaired) electrons. The standard InChI is InChI=1S/C13H13ClN4/c1-2-18-12(5-6-17-18)9-16-11-3-4-13(14)10(7-11)8-15/h3-7,16H,2,9H2,1H3. The molecule has 2 rings (SSSR count). The highest BCUT2D eigenvalue weighted by Gasteiger charge is 2.03. The highest BCUT2D eigenvalue weighted by atomic mass is 35.5. The minimum absolute atomic E-state index is 0.474. The summed E-state index contributed by atoms with van der Waals surface area (Å²) < 4.78 is 1.92. The van der Waals surface area contributed by atoms with E-state index in [0.29, 0.717) is 17.1 Å². The SMILES string of the molecule is CCn1nccc1CNc1ccc(Cl)c(C#N)c1. The molecule has 0 saturated carbocycles. The monoisotopic (exact) mass is 260 g/mol. The average molecular weight is 261 g/mol. The molecule has 0 aliphatic rings. The zero-order valence-electron chi connectivity index (χ0n) is 10.0. The van der Waals surface area contributed by atoms with Crippen molar-refractivity contribution in [2.75, 3.05) is 5.32 Å². The number of aromatic nitrogens is 2. The molecule has 0 fully saturated rings. The Morgan fingerprint density at radius 3 is 3.00 bits per heavy atom. The molecule has 0 aliphatic carbocycles. The second-order valence-corrected chi connectivity index (χ2v) is 4.21. The Hall–Kier alpha value is -1.99. The number of nitrogens with zero attached hydrogens (tertiary/aromatic N) is 3. The van der Waals surface area contributed by atoms with E-state index in [1.54, 1.807) is 18.3 Å². The van der Waals surface area contributed by atoms with Crippen molar-refractivity contribution in [1.29, 1.82) is 5.26 Å². The lowest BCUT2D eigenvalue weighted by atomic mass is 10.2. The van der Waals surface area contributed by atoms with Crippen LogP contribution < -0.4 is 5.32 Å². The third-order valence-electron chi connectivity index (χ3n) is 2.66. The van der Waals surface area contributed by atoms with Gasteiger partial charge in [-0.15, -0.1) is 0 Å². The van der Waals surface area contributed by atoms with Crippen molar-refractivity contribution < 1.29 is 0 Å². The molecule has 0 aliphatic heterocycles. The number of nitrogens with one attached hydrogen (secondary N) is 1. The lowest BCUT2D eigenvalue weighted by molar-refractivity contribution is 0.627. The number of anilines is 1. The topological polar surface area (TPSA) is 53.6 Å².